The zero-order valence-corrected chi connectivity index (χ0v) is 16.0. The Morgan fingerprint density at radius 2 is 2.00 bits per heavy atom. The molecule has 140 valence electrons. The molecule has 4 nitrogen and oxygen atoms in total. The number of ether oxygens (including phenoxy) is 1. The molecule has 26 heavy (non-hydrogen) atoms. The van der Waals surface area contributed by atoms with Gasteiger partial charge in [-0.1, -0.05) is 35.9 Å². The molecule has 1 aliphatic heterocycles. The number of hydrogen-bond acceptors (Lipinski definition) is 3. The number of carbonyl (C=O) groups is 1. The van der Waals surface area contributed by atoms with Crippen molar-refractivity contribution in [1.82, 2.24) is 4.90 Å². The molecule has 1 saturated heterocycles. The van der Waals surface area contributed by atoms with Crippen molar-refractivity contribution >= 4 is 18.3 Å². The van der Waals surface area contributed by atoms with Gasteiger partial charge >= 0.3 is 0 Å². The second-order valence-electron chi connectivity index (χ2n) is 6.69. The summed E-state index contributed by atoms with van der Waals surface area (Å²) in [5.74, 6) is 0.768. The molecule has 1 atom stereocenters. The van der Waals surface area contributed by atoms with E-state index in [1.807, 2.05) is 41.3 Å². The third kappa shape index (κ3) is 4.99. The van der Waals surface area contributed by atoms with E-state index in [-0.39, 0.29) is 24.4 Å². The number of nitrogens with zero attached hydrogens (tertiary/aromatic N) is 1. The van der Waals surface area contributed by atoms with Gasteiger partial charge in [0.05, 0.1) is 0 Å². The predicted octanol–water partition coefficient (Wildman–Crippen LogP) is 3.95. The van der Waals surface area contributed by atoms with Crippen LogP contribution in [0.1, 0.15) is 40.7 Å². The number of likely N-dealkylation sites (tertiary alicyclic amines) is 1. The lowest BCUT2D eigenvalue weighted by molar-refractivity contribution is 0.0623. The summed E-state index contributed by atoms with van der Waals surface area (Å²) < 4.78 is 5.88. The molecule has 0 aliphatic carbocycles. The molecule has 0 spiro atoms. The van der Waals surface area contributed by atoms with E-state index in [1.54, 1.807) is 0 Å². The summed E-state index contributed by atoms with van der Waals surface area (Å²) in [5, 5.41) is 0. The third-order valence-electron chi connectivity index (χ3n) is 4.73. The summed E-state index contributed by atoms with van der Waals surface area (Å²) in [6.07, 6.45) is 3.18. The predicted molar refractivity (Wildman–Crippen MR) is 107 cm³/mol. The van der Waals surface area contributed by atoms with Crippen LogP contribution in [0, 0.1) is 6.92 Å². The molecular weight excluding hydrogens is 348 g/mol. The Bertz CT molecular complexity index is 735. The molecule has 5 heteroatoms. The topological polar surface area (TPSA) is 55.6 Å². The van der Waals surface area contributed by atoms with E-state index < -0.39 is 0 Å². The van der Waals surface area contributed by atoms with Crippen LogP contribution >= 0.6 is 12.4 Å². The molecule has 3 rings (SSSR count). The average molecular weight is 375 g/mol. The molecule has 1 aliphatic rings. The number of rotatable bonds is 5. The van der Waals surface area contributed by atoms with Gasteiger partial charge in [-0.2, -0.15) is 0 Å². The molecule has 0 bridgehead atoms. The van der Waals surface area contributed by atoms with Gasteiger partial charge in [-0.15, -0.1) is 12.4 Å². The van der Waals surface area contributed by atoms with Gasteiger partial charge in [0.1, 0.15) is 12.4 Å². The van der Waals surface area contributed by atoms with E-state index in [9.17, 15) is 4.79 Å². The monoisotopic (exact) mass is 374 g/mol. The van der Waals surface area contributed by atoms with E-state index in [4.69, 9.17) is 10.5 Å². The van der Waals surface area contributed by atoms with Gasteiger partial charge in [-0.05, 0) is 49.9 Å². The molecule has 1 unspecified atom stereocenters. The van der Waals surface area contributed by atoms with E-state index in [0.717, 1.165) is 31.4 Å². The fraction of sp³-hybridized carbons (Fsp3) is 0.381. The highest BCUT2D eigenvalue weighted by Gasteiger charge is 2.26. The maximum absolute atomic E-state index is 12.9. The summed E-state index contributed by atoms with van der Waals surface area (Å²) in [6.45, 7) is 3.87. The summed E-state index contributed by atoms with van der Waals surface area (Å²) in [4.78, 5) is 14.8. The van der Waals surface area contributed by atoms with Gasteiger partial charge in [-0.3, -0.25) is 4.79 Å². The normalized spacial score (nSPS) is 16.7. The molecule has 0 radical (unpaired) electrons. The van der Waals surface area contributed by atoms with Crippen LogP contribution < -0.4 is 10.5 Å². The number of nitrogens with two attached hydrogens (primary N) is 1. The highest BCUT2D eigenvalue weighted by molar-refractivity contribution is 5.94. The molecule has 2 N–H and O–H groups in total. The van der Waals surface area contributed by atoms with Gasteiger partial charge in [0.2, 0.25) is 0 Å². The van der Waals surface area contributed by atoms with Crippen LogP contribution in [0.5, 0.6) is 5.75 Å². The van der Waals surface area contributed by atoms with E-state index >= 15 is 0 Å². The fourth-order valence-corrected chi connectivity index (χ4v) is 3.37. The van der Waals surface area contributed by atoms with E-state index in [2.05, 4.69) is 19.1 Å². The number of aryl methyl sites for hydroxylation is 1. The molecule has 0 aromatic heterocycles. The van der Waals surface area contributed by atoms with Crippen LogP contribution in [-0.2, 0) is 6.61 Å². The molecule has 1 heterocycles. The summed E-state index contributed by atoms with van der Waals surface area (Å²) in [7, 11) is 0. The number of piperidine rings is 1. The van der Waals surface area contributed by atoms with Gasteiger partial charge < -0.3 is 15.4 Å². The Morgan fingerprint density at radius 3 is 2.77 bits per heavy atom. The molecular formula is C21H27ClN2O2. The van der Waals surface area contributed by atoms with Crippen LogP contribution in [0.3, 0.4) is 0 Å². The molecule has 1 amide bonds. The van der Waals surface area contributed by atoms with Crippen LogP contribution in [0.2, 0.25) is 0 Å². The van der Waals surface area contributed by atoms with Crippen molar-refractivity contribution in [2.75, 3.05) is 13.1 Å². The lowest BCUT2D eigenvalue weighted by atomic mass is 10.0. The zero-order chi connectivity index (χ0) is 17.6. The van der Waals surface area contributed by atoms with Crippen molar-refractivity contribution in [2.45, 2.75) is 38.8 Å². The molecule has 2 aromatic carbocycles. The minimum atomic E-state index is 0. The standard InChI is InChI=1S/C21H26N2O2.ClH/c1-16-6-4-7-17(12-16)15-25-20-10-5-8-18(13-20)21(24)23-11-3-2-9-19(23)14-22;/h4-8,10,12-13,19H,2-3,9,11,14-15,22H2,1H3;1H. The minimum Gasteiger partial charge on any atom is -0.489 e. The van der Waals surface area contributed by atoms with Gasteiger partial charge in [0.15, 0.2) is 0 Å². The minimum absolute atomic E-state index is 0. The highest BCUT2D eigenvalue weighted by Crippen LogP contribution is 2.22. The first-order valence-electron chi connectivity index (χ1n) is 8.97. The highest BCUT2D eigenvalue weighted by atomic mass is 35.5. The third-order valence-corrected chi connectivity index (χ3v) is 4.73. The second kappa shape index (κ2) is 9.60. The zero-order valence-electron chi connectivity index (χ0n) is 15.2. The summed E-state index contributed by atoms with van der Waals surface area (Å²) >= 11 is 0. The number of hydrogen-bond donors (Lipinski definition) is 1. The Morgan fingerprint density at radius 1 is 1.19 bits per heavy atom. The first-order valence-corrected chi connectivity index (χ1v) is 8.97. The lowest BCUT2D eigenvalue weighted by Gasteiger charge is -2.35. The van der Waals surface area contributed by atoms with Crippen molar-refractivity contribution < 1.29 is 9.53 Å². The van der Waals surface area contributed by atoms with Crippen molar-refractivity contribution in [3.63, 3.8) is 0 Å². The van der Waals surface area contributed by atoms with Gasteiger partial charge in [0, 0.05) is 24.7 Å². The van der Waals surface area contributed by atoms with Crippen molar-refractivity contribution in [3.05, 3.63) is 65.2 Å². The Kier molecular flexibility index (Phi) is 7.49. The summed E-state index contributed by atoms with van der Waals surface area (Å²) in [6, 6.07) is 15.8. The van der Waals surface area contributed by atoms with Crippen LogP contribution in [0.4, 0.5) is 0 Å². The van der Waals surface area contributed by atoms with Crippen LogP contribution in [0.25, 0.3) is 0 Å². The Hall–Kier alpha value is -2.04. The maximum atomic E-state index is 12.9. The van der Waals surface area contributed by atoms with Crippen molar-refractivity contribution in [1.29, 1.82) is 0 Å². The molecule has 0 saturated carbocycles. The lowest BCUT2D eigenvalue weighted by Crippen LogP contribution is -2.47. The van der Waals surface area contributed by atoms with Gasteiger partial charge in [0.25, 0.3) is 5.91 Å². The Labute approximate surface area is 161 Å². The summed E-state index contributed by atoms with van der Waals surface area (Å²) in [5.41, 5.74) is 8.85. The van der Waals surface area contributed by atoms with Crippen molar-refractivity contribution in [2.24, 2.45) is 5.73 Å². The first kappa shape index (κ1) is 20.3. The second-order valence-corrected chi connectivity index (χ2v) is 6.69. The SMILES string of the molecule is Cc1cccc(COc2cccc(C(=O)N3CCCCC3CN)c2)c1.Cl. The fourth-order valence-electron chi connectivity index (χ4n) is 3.37. The van der Waals surface area contributed by atoms with Crippen LogP contribution in [0.15, 0.2) is 48.5 Å². The van der Waals surface area contributed by atoms with Crippen LogP contribution in [-0.4, -0.2) is 29.9 Å². The maximum Gasteiger partial charge on any atom is 0.254 e. The molecule has 2 aromatic rings. The van der Waals surface area contributed by atoms with Gasteiger partial charge in [-0.25, -0.2) is 0 Å². The average Bonchev–Trinajstić information content (AvgIpc) is 2.66. The largest absolute Gasteiger partial charge is 0.489 e. The number of halogens is 1. The molecule has 1 fully saturated rings. The first-order chi connectivity index (χ1) is 12.2. The smallest absolute Gasteiger partial charge is 0.254 e. The van der Waals surface area contributed by atoms with Crippen molar-refractivity contribution in [3.8, 4) is 5.75 Å². The number of benzene rings is 2. The number of carbonyl (C=O) groups excluding carboxylic acids is 1. The number of amides is 1. The Balaban J connectivity index is 0.00000243. The quantitative estimate of drug-likeness (QED) is 0.862. The van der Waals surface area contributed by atoms with E-state index in [1.165, 1.54) is 5.56 Å². The van der Waals surface area contributed by atoms with E-state index in [0.29, 0.717) is 24.5 Å².